The number of carbonyl (C=O) groups excluding carboxylic acids is 1. The first-order chi connectivity index (χ1) is 13.5. The normalized spacial score (nSPS) is 24.9. The number of amides is 1. The van der Waals surface area contributed by atoms with Crippen LogP contribution in [-0.2, 0) is 9.53 Å². The predicted octanol–water partition coefficient (Wildman–Crippen LogP) is 3.70. The first-order valence-electron chi connectivity index (χ1n) is 10.3. The monoisotopic (exact) mass is 405 g/mol. The van der Waals surface area contributed by atoms with Gasteiger partial charge in [-0.05, 0) is 43.4 Å². The van der Waals surface area contributed by atoms with Crippen LogP contribution in [0.1, 0.15) is 39.5 Å². The van der Waals surface area contributed by atoms with Crippen LogP contribution in [0, 0.1) is 11.8 Å². The van der Waals surface area contributed by atoms with Crippen molar-refractivity contribution in [1.82, 2.24) is 10.6 Å². The summed E-state index contributed by atoms with van der Waals surface area (Å²) in [4.78, 5) is 17.2. The fraction of sp³-hybridized carbons (Fsp3) is 0.636. The van der Waals surface area contributed by atoms with E-state index < -0.39 is 0 Å². The van der Waals surface area contributed by atoms with Crippen LogP contribution in [0.4, 0.5) is 0 Å². The molecule has 2 aliphatic heterocycles. The van der Waals surface area contributed by atoms with E-state index in [2.05, 4.69) is 48.2 Å². The van der Waals surface area contributed by atoms with E-state index in [9.17, 15) is 4.79 Å². The van der Waals surface area contributed by atoms with Crippen LogP contribution >= 0.6 is 11.8 Å². The zero-order chi connectivity index (χ0) is 20.4. The molecule has 1 atom stereocenters. The molecule has 2 rings (SSSR count). The Bertz CT molecular complexity index is 619. The van der Waals surface area contributed by atoms with Crippen LogP contribution in [-0.4, -0.2) is 49.6 Å². The van der Waals surface area contributed by atoms with Gasteiger partial charge in [0.1, 0.15) is 0 Å². The maximum absolute atomic E-state index is 12.6. The topological polar surface area (TPSA) is 62.7 Å². The van der Waals surface area contributed by atoms with Gasteiger partial charge in [-0.15, -0.1) is 11.8 Å². The summed E-state index contributed by atoms with van der Waals surface area (Å²) in [5.41, 5.74) is 2.04. The molecule has 6 heteroatoms. The largest absolute Gasteiger partial charge is 0.381 e. The summed E-state index contributed by atoms with van der Waals surface area (Å²) < 4.78 is 5.45. The number of ether oxygens (including phenoxy) is 1. The van der Waals surface area contributed by atoms with Gasteiger partial charge in [-0.3, -0.25) is 4.79 Å². The van der Waals surface area contributed by atoms with Gasteiger partial charge in [0.2, 0.25) is 5.91 Å². The smallest absolute Gasteiger partial charge is 0.220 e. The number of rotatable bonds is 8. The van der Waals surface area contributed by atoms with Crippen molar-refractivity contribution in [3.63, 3.8) is 0 Å². The minimum atomic E-state index is 0.0921. The third kappa shape index (κ3) is 7.94. The van der Waals surface area contributed by atoms with Crippen molar-refractivity contribution in [1.29, 1.82) is 0 Å². The van der Waals surface area contributed by atoms with Gasteiger partial charge >= 0.3 is 0 Å². The molecule has 1 saturated heterocycles. The molecule has 2 N–H and O–H groups in total. The maximum Gasteiger partial charge on any atom is 0.220 e. The molecule has 0 aliphatic carbocycles. The molecule has 2 aliphatic rings. The second kappa shape index (κ2) is 12.2. The van der Waals surface area contributed by atoms with Gasteiger partial charge < -0.3 is 15.4 Å². The predicted molar refractivity (Wildman–Crippen MR) is 120 cm³/mol. The summed E-state index contributed by atoms with van der Waals surface area (Å²) in [6, 6.07) is 0.158. The molecule has 0 saturated carbocycles. The molecular weight excluding hydrogens is 370 g/mol. The van der Waals surface area contributed by atoms with Crippen molar-refractivity contribution < 1.29 is 9.53 Å². The molecule has 1 amide bonds. The fourth-order valence-electron chi connectivity index (χ4n) is 3.45. The Morgan fingerprint density at radius 3 is 2.79 bits per heavy atom. The lowest BCUT2D eigenvalue weighted by molar-refractivity contribution is -0.122. The summed E-state index contributed by atoms with van der Waals surface area (Å²) in [6.07, 6.45) is 9.42. The zero-order valence-electron chi connectivity index (χ0n) is 17.5. The highest BCUT2D eigenvalue weighted by atomic mass is 32.2. The first-order valence-corrected chi connectivity index (χ1v) is 11.3. The second-order valence-electron chi connectivity index (χ2n) is 7.68. The van der Waals surface area contributed by atoms with Crippen molar-refractivity contribution in [2.24, 2.45) is 16.8 Å². The van der Waals surface area contributed by atoms with Crippen LogP contribution in [0.25, 0.3) is 0 Å². The van der Waals surface area contributed by atoms with E-state index in [1.807, 2.05) is 13.1 Å². The molecule has 5 nitrogen and oxygen atoms in total. The van der Waals surface area contributed by atoms with Gasteiger partial charge in [0.05, 0.1) is 10.7 Å². The highest BCUT2D eigenvalue weighted by Crippen LogP contribution is 2.21. The molecular formula is C22H35N3O2S. The van der Waals surface area contributed by atoms with Crippen molar-refractivity contribution in [2.75, 3.05) is 32.6 Å². The number of aliphatic imine (C=N–C) groups is 1. The molecule has 0 radical (unpaired) electrons. The van der Waals surface area contributed by atoms with Crippen molar-refractivity contribution in [3.8, 4) is 0 Å². The molecule has 156 valence electrons. The van der Waals surface area contributed by atoms with Crippen LogP contribution in [0.15, 0.2) is 41.1 Å². The van der Waals surface area contributed by atoms with Crippen molar-refractivity contribution in [2.45, 2.75) is 45.6 Å². The van der Waals surface area contributed by atoms with Crippen LogP contribution in [0.2, 0.25) is 0 Å². The Kier molecular flexibility index (Phi) is 10.0. The van der Waals surface area contributed by atoms with E-state index in [1.54, 1.807) is 11.8 Å². The molecule has 0 bridgehead atoms. The Labute approximate surface area is 174 Å². The highest BCUT2D eigenvalue weighted by Gasteiger charge is 2.25. The summed E-state index contributed by atoms with van der Waals surface area (Å²) >= 11 is 1.70. The molecule has 1 unspecified atom stereocenters. The average molecular weight is 406 g/mol. The average Bonchev–Trinajstić information content (AvgIpc) is 2.77. The minimum Gasteiger partial charge on any atom is -0.381 e. The number of hydrogen-bond acceptors (Lipinski definition) is 5. The number of allylic oxidation sites excluding steroid dienone is 3. The summed E-state index contributed by atoms with van der Waals surface area (Å²) in [5, 5.41) is 7.41. The third-order valence-corrected chi connectivity index (χ3v) is 6.11. The molecule has 0 aromatic rings. The molecule has 0 spiro atoms. The maximum atomic E-state index is 12.6. The number of nitrogens with one attached hydrogen (secondary N) is 2. The molecule has 0 aromatic heterocycles. The lowest BCUT2D eigenvalue weighted by Gasteiger charge is -2.31. The third-order valence-electron chi connectivity index (χ3n) is 5.14. The van der Waals surface area contributed by atoms with Gasteiger partial charge in [-0.2, -0.15) is 0 Å². The Morgan fingerprint density at radius 1 is 1.36 bits per heavy atom. The molecule has 28 heavy (non-hydrogen) atoms. The number of hydrogen-bond donors (Lipinski definition) is 2. The molecule has 2 heterocycles. The highest BCUT2D eigenvalue weighted by molar-refractivity contribution is 8.14. The van der Waals surface area contributed by atoms with Gasteiger partial charge in [0.15, 0.2) is 0 Å². The van der Waals surface area contributed by atoms with E-state index in [0.717, 1.165) is 49.1 Å². The quantitative estimate of drug-likeness (QED) is 0.646. The lowest BCUT2D eigenvalue weighted by Crippen LogP contribution is -2.47. The van der Waals surface area contributed by atoms with E-state index in [0.29, 0.717) is 24.7 Å². The standard InChI is InChI=1S/C22H35N3O2S/c1-16(2)18-6-5-17(3)24-22(28-14-11-18)8-7-21(26)25-20(15-23-4)19-9-12-27-13-10-19/h5-6,11,16,19-20,23H,3,7-10,12-15H2,1-2,4H3,(H,25,26)/b6-5-,18-11+,24-22-. The van der Waals surface area contributed by atoms with Crippen molar-refractivity contribution in [3.05, 3.63) is 36.1 Å². The Balaban J connectivity index is 1.88. The fourth-order valence-corrected chi connectivity index (χ4v) is 4.35. The van der Waals surface area contributed by atoms with Gasteiger partial charge in [-0.1, -0.05) is 32.6 Å². The number of nitrogens with zero attached hydrogens (tertiary/aromatic N) is 1. The Hall–Kier alpha value is -1.37. The first kappa shape index (κ1) is 22.9. The summed E-state index contributed by atoms with van der Waals surface area (Å²) in [6.45, 7) is 10.8. The van der Waals surface area contributed by atoms with Gasteiger partial charge in [0, 0.05) is 44.4 Å². The van der Waals surface area contributed by atoms with Crippen LogP contribution in [0.3, 0.4) is 0 Å². The summed E-state index contributed by atoms with van der Waals surface area (Å²) in [5.74, 6) is 1.92. The minimum absolute atomic E-state index is 0.0921. The van der Waals surface area contributed by atoms with Crippen LogP contribution in [0.5, 0.6) is 0 Å². The van der Waals surface area contributed by atoms with E-state index in [4.69, 9.17) is 4.74 Å². The SMILES string of the molecule is C=C1/C=C\C(C(C)C)=C/CS/C(CCC(=O)NC(CNC)C2CCOCC2)=N\1. The van der Waals surface area contributed by atoms with E-state index in [1.165, 1.54) is 5.57 Å². The second-order valence-corrected chi connectivity index (χ2v) is 8.77. The number of thioether (sulfide) groups is 1. The van der Waals surface area contributed by atoms with Crippen LogP contribution < -0.4 is 10.6 Å². The summed E-state index contributed by atoms with van der Waals surface area (Å²) in [7, 11) is 1.93. The van der Waals surface area contributed by atoms with Gasteiger partial charge in [0.25, 0.3) is 0 Å². The zero-order valence-corrected chi connectivity index (χ0v) is 18.3. The van der Waals surface area contributed by atoms with E-state index >= 15 is 0 Å². The van der Waals surface area contributed by atoms with E-state index in [-0.39, 0.29) is 11.9 Å². The Morgan fingerprint density at radius 2 is 2.11 bits per heavy atom. The lowest BCUT2D eigenvalue weighted by atomic mass is 9.91. The number of carbonyl (C=O) groups is 1. The van der Waals surface area contributed by atoms with Crippen molar-refractivity contribution >= 4 is 22.7 Å². The molecule has 1 fully saturated rings. The molecule has 0 aromatic carbocycles. The van der Waals surface area contributed by atoms with Gasteiger partial charge in [-0.25, -0.2) is 4.99 Å². The number of likely N-dealkylation sites (N-methyl/N-ethyl adjacent to an activating group) is 1.